The quantitative estimate of drug-likeness (QED) is 0.762. The van der Waals surface area contributed by atoms with Crippen LogP contribution < -0.4 is 5.73 Å². The van der Waals surface area contributed by atoms with Crippen LogP contribution in [0.2, 0.25) is 0 Å². The van der Waals surface area contributed by atoms with Crippen LogP contribution in [0.1, 0.15) is 42.2 Å². The molecule has 2 rings (SSSR count). The van der Waals surface area contributed by atoms with Crippen molar-refractivity contribution in [1.29, 1.82) is 0 Å². The highest BCUT2D eigenvalue weighted by molar-refractivity contribution is 5.85. The van der Waals surface area contributed by atoms with Crippen LogP contribution in [0.4, 0.5) is 0 Å². The third-order valence-electron chi connectivity index (χ3n) is 2.98. The first-order chi connectivity index (χ1) is 7.18. The van der Waals surface area contributed by atoms with Gasteiger partial charge in [0.15, 0.2) is 0 Å². The van der Waals surface area contributed by atoms with E-state index in [0.717, 1.165) is 25.7 Å². The Bertz CT molecular complexity index is 353. The number of aromatic nitrogens is 2. The molecule has 1 aliphatic rings. The highest BCUT2D eigenvalue weighted by Crippen LogP contribution is 2.27. The van der Waals surface area contributed by atoms with Crippen molar-refractivity contribution >= 4 is 5.97 Å². The lowest BCUT2D eigenvalue weighted by Gasteiger charge is -2.26. The number of rotatable bonds is 2. The SMILES string of the molecule is NC1CCC(n2nccc2C(=O)O)CC1. The van der Waals surface area contributed by atoms with Crippen LogP contribution in [0.25, 0.3) is 0 Å². The molecule has 0 bridgehead atoms. The molecule has 0 aromatic carbocycles. The summed E-state index contributed by atoms with van der Waals surface area (Å²) < 4.78 is 1.62. The highest BCUT2D eigenvalue weighted by atomic mass is 16.4. The van der Waals surface area contributed by atoms with Gasteiger partial charge >= 0.3 is 5.97 Å². The van der Waals surface area contributed by atoms with E-state index in [9.17, 15) is 4.79 Å². The molecule has 5 heteroatoms. The number of nitrogens with zero attached hydrogens (tertiary/aromatic N) is 2. The Labute approximate surface area is 87.9 Å². The van der Waals surface area contributed by atoms with Crippen LogP contribution in [0, 0.1) is 0 Å². The zero-order chi connectivity index (χ0) is 10.8. The van der Waals surface area contributed by atoms with Gasteiger partial charge in [0.1, 0.15) is 5.69 Å². The fourth-order valence-corrected chi connectivity index (χ4v) is 2.12. The van der Waals surface area contributed by atoms with Gasteiger partial charge in [-0.05, 0) is 31.7 Å². The summed E-state index contributed by atoms with van der Waals surface area (Å²) in [5.74, 6) is -0.914. The second kappa shape index (κ2) is 4.02. The molecule has 0 radical (unpaired) electrons. The standard InChI is InChI=1S/C10H15N3O2/c11-7-1-3-8(4-2-7)13-9(10(14)15)5-6-12-13/h5-8H,1-4,11H2,(H,14,15). The maximum absolute atomic E-state index is 10.9. The van der Waals surface area contributed by atoms with Crippen molar-refractivity contribution in [3.8, 4) is 0 Å². The second-order valence-electron chi connectivity index (χ2n) is 4.03. The van der Waals surface area contributed by atoms with E-state index in [1.807, 2.05) is 0 Å². The van der Waals surface area contributed by atoms with Crippen molar-refractivity contribution < 1.29 is 9.90 Å². The molecule has 0 atom stereocenters. The average molecular weight is 209 g/mol. The first-order valence-corrected chi connectivity index (χ1v) is 5.21. The molecule has 1 aromatic heterocycles. The molecule has 0 aliphatic heterocycles. The zero-order valence-corrected chi connectivity index (χ0v) is 8.47. The van der Waals surface area contributed by atoms with Gasteiger partial charge in [0.25, 0.3) is 0 Å². The fourth-order valence-electron chi connectivity index (χ4n) is 2.12. The topological polar surface area (TPSA) is 81.1 Å². The van der Waals surface area contributed by atoms with Gasteiger partial charge in [-0.1, -0.05) is 0 Å². The van der Waals surface area contributed by atoms with Crippen molar-refractivity contribution in [1.82, 2.24) is 9.78 Å². The summed E-state index contributed by atoms with van der Waals surface area (Å²) in [7, 11) is 0. The molecule has 0 unspecified atom stereocenters. The second-order valence-corrected chi connectivity index (χ2v) is 4.03. The van der Waals surface area contributed by atoms with Gasteiger partial charge in [-0.25, -0.2) is 4.79 Å². The van der Waals surface area contributed by atoms with Crippen molar-refractivity contribution in [3.05, 3.63) is 18.0 Å². The van der Waals surface area contributed by atoms with Crippen LogP contribution in [-0.2, 0) is 0 Å². The van der Waals surface area contributed by atoms with Crippen LogP contribution in [0.3, 0.4) is 0 Å². The van der Waals surface area contributed by atoms with Gasteiger partial charge in [-0.3, -0.25) is 4.68 Å². The zero-order valence-electron chi connectivity index (χ0n) is 8.47. The molecule has 3 N–H and O–H groups in total. The van der Waals surface area contributed by atoms with Crippen molar-refractivity contribution in [3.63, 3.8) is 0 Å². The molecule has 1 saturated carbocycles. The smallest absolute Gasteiger partial charge is 0.354 e. The Morgan fingerprint density at radius 2 is 2.13 bits per heavy atom. The molecule has 5 nitrogen and oxygen atoms in total. The summed E-state index contributed by atoms with van der Waals surface area (Å²) in [5.41, 5.74) is 6.08. The van der Waals surface area contributed by atoms with E-state index in [2.05, 4.69) is 5.10 Å². The molecule has 1 aliphatic carbocycles. The lowest BCUT2D eigenvalue weighted by Crippen LogP contribution is -2.29. The predicted molar refractivity (Wildman–Crippen MR) is 54.7 cm³/mol. The molecule has 1 heterocycles. The maximum Gasteiger partial charge on any atom is 0.354 e. The number of carbonyl (C=O) groups is 1. The van der Waals surface area contributed by atoms with E-state index >= 15 is 0 Å². The molecular formula is C10H15N3O2. The van der Waals surface area contributed by atoms with Gasteiger partial charge in [-0.15, -0.1) is 0 Å². The fraction of sp³-hybridized carbons (Fsp3) is 0.600. The van der Waals surface area contributed by atoms with E-state index < -0.39 is 5.97 Å². The summed E-state index contributed by atoms with van der Waals surface area (Å²) in [6.07, 6.45) is 5.28. The van der Waals surface area contributed by atoms with Crippen LogP contribution >= 0.6 is 0 Å². The van der Waals surface area contributed by atoms with Gasteiger partial charge in [-0.2, -0.15) is 5.10 Å². The monoisotopic (exact) mass is 209 g/mol. The van der Waals surface area contributed by atoms with Crippen molar-refractivity contribution in [2.45, 2.75) is 37.8 Å². The normalized spacial score (nSPS) is 26.5. The maximum atomic E-state index is 10.9. The Morgan fingerprint density at radius 3 is 2.73 bits per heavy atom. The number of hydrogen-bond acceptors (Lipinski definition) is 3. The number of carboxylic acid groups (broad SMARTS) is 1. The molecule has 15 heavy (non-hydrogen) atoms. The molecular weight excluding hydrogens is 194 g/mol. The molecule has 0 saturated heterocycles. The summed E-state index contributed by atoms with van der Waals surface area (Å²) in [6.45, 7) is 0. The lowest BCUT2D eigenvalue weighted by atomic mass is 9.92. The van der Waals surface area contributed by atoms with Gasteiger partial charge in [0.05, 0.1) is 6.04 Å². The van der Waals surface area contributed by atoms with E-state index in [4.69, 9.17) is 10.8 Å². The van der Waals surface area contributed by atoms with Crippen LogP contribution in [-0.4, -0.2) is 26.9 Å². The Kier molecular flexibility index (Phi) is 2.73. The Hall–Kier alpha value is -1.36. The van der Waals surface area contributed by atoms with Crippen molar-refractivity contribution in [2.24, 2.45) is 5.73 Å². The Balaban J connectivity index is 2.15. The van der Waals surface area contributed by atoms with Crippen LogP contribution in [0.5, 0.6) is 0 Å². The molecule has 0 spiro atoms. The number of hydrogen-bond donors (Lipinski definition) is 2. The minimum absolute atomic E-state index is 0.200. The molecule has 0 amide bonds. The minimum Gasteiger partial charge on any atom is -0.477 e. The first-order valence-electron chi connectivity index (χ1n) is 5.21. The van der Waals surface area contributed by atoms with E-state index in [0.29, 0.717) is 0 Å². The van der Waals surface area contributed by atoms with Crippen molar-refractivity contribution in [2.75, 3.05) is 0 Å². The average Bonchev–Trinajstić information content (AvgIpc) is 2.67. The van der Waals surface area contributed by atoms with E-state index in [1.165, 1.54) is 12.3 Å². The number of carboxylic acids is 1. The van der Waals surface area contributed by atoms with Gasteiger partial charge in [0.2, 0.25) is 0 Å². The summed E-state index contributed by atoms with van der Waals surface area (Å²) in [6, 6.07) is 2.01. The van der Waals surface area contributed by atoms with Gasteiger partial charge in [0, 0.05) is 12.2 Å². The summed E-state index contributed by atoms with van der Waals surface area (Å²) in [5, 5.41) is 13.0. The molecule has 82 valence electrons. The third-order valence-corrected chi connectivity index (χ3v) is 2.98. The molecule has 1 aromatic rings. The largest absolute Gasteiger partial charge is 0.477 e. The Morgan fingerprint density at radius 1 is 1.47 bits per heavy atom. The van der Waals surface area contributed by atoms with Crippen LogP contribution in [0.15, 0.2) is 12.3 Å². The summed E-state index contributed by atoms with van der Waals surface area (Å²) in [4.78, 5) is 10.9. The third kappa shape index (κ3) is 2.02. The van der Waals surface area contributed by atoms with Gasteiger partial charge < -0.3 is 10.8 Å². The first kappa shape index (κ1) is 10.2. The van der Waals surface area contributed by atoms with E-state index in [-0.39, 0.29) is 17.8 Å². The number of aromatic carboxylic acids is 1. The summed E-state index contributed by atoms with van der Waals surface area (Å²) >= 11 is 0. The molecule has 1 fully saturated rings. The minimum atomic E-state index is -0.914. The predicted octanol–water partition coefficient (Wildman–Crippen LogP) is 1.02. The lowest BCUT2D eigenvalue weighted by molar-refractivity contribution is 0.0677. The highest BCUT2D eigenvalue weighted by Gasteiger charge is 2.23. The number of nitrogens with two attached hydrogens (primary N) is 1. The van der Waals surface area contributed by atoms with E-state index in [1.54, 1.807) is 4.68 Å².